The van der Waals surface area contributed by atoms with Gasteiger partial charge >= 0.3 is 5.97 Å². The first-order chi connectivity index (χ1) is 21.4. The molecule has 44 heavy (non-hydrogen) atoms. The predicted octanol–water partition coefficient (Wildman–Crippen LogP) is 5.26. The van der Waals surface area contributed by atoms with Gasteiger partial charge in [0.15, 0.2) is 5.79 Å². The number of nitrogens with zero attached hydrogens (tertiary/aromatic N) is 2. The summed E-state index contributed by atoms with van der Waals surface area (Å²) in [5.74, 6) is 1.46. The van der Waals surface area contributed by atoms with E-state index in [1.54, 1.807) is 36.4 Å². The summed E-state index contributed by atoms with van der Waals surface area (Å²) in [7, 11) is 0. The summed E-state index contributed by atoms with van der Waals surface area (Å²) in [6.07, 6.45) is 3.75. The van der Waals surface area contributed by atoms with Gasteiger partial charge in [-0.3, -0.25) is 14.5 Å². The van der Waals surface area contributed by atoms with Crippen molar-refractivity contribution in [3.05, 3.63) is 89.0 Å². The minimum absolute atomic E-state index is 0.00463. The van der Waals surface area contributed by atoms with E-state index in [9.17, 15) is 14.7 Å². The summed E-state index contributed by atoms with van der Waals surface area (Å²) in [5, 5.41) is 10.1. The van der Waals surface area contributed by atoms with Gasteiger partial charge in [-0.15, -0.1) is 0 Å². The fraction of sp³-hybridized carbons (Fsp3) is 0.429. The molecule has 2 heterocycles. The lowest BCUT2D eigenvalue weighted by molar-refractivity contribution is -0.178. The first kappa shape index (κ1) is 30.3. The molecule has 2 saturated heterocycles. The first-order valence-corrected chi connectivity index (χ1v) is 15.5. The Morgan fingerprint density at radius 1 is 0.886 bits per heavy atom. The van der Waals surface area contributed by atoms with Crippen LogP contribution >= 0.6 is 0 Å². The van der Waals surface area contributed by atoms with Crippen molar-refractivity contribution in [3.8, 4) is 17.2 Å². The fourth-order valence-corrected chi connectivity index (χ4v) is 6.42. The lowest BCUT2D eigenvalue weighted by atomic mass is 9.80. The first-order valence-electron chi connectivity index (χ1n) is 15.5. The molecular weight excluding hydrogens is 560 g/mol. The van der Waals surface area contributed by atoms with Crippen molar-refractivity contribution in [2.75, 3.05) is 39.4 Å². The molecule has 1 aliphatic carbocycles. The number of ether oxygens (including phenoxy) is 4. The van der Waals surface area contributed by atoms with E-state index in [4.69, 9.17) is 18.9 Å². The van der Waals surface area contributed by atoms with Crippen LogP contribution in [0.15, 0.2) is 66.7 Å². The molecule has 1 N–H and O–H groups in total. The lowest BCUT2D eigenvalue weighted by Gasteiger charge is -2.35. The Labute approximate surface area is 258 Å². The van der Waals surface area contributed by atoms with Crippen LogP contribution in [-0.2, 0) is 27.4 Å². The summed E-state index contributed by atoms with van der Waals surface area (Å²) in [4.78, 5) is 28.5. The third-order valence-electron chi connectivity index (χ3n) is 8.87. The Hall–Kier alpha value is -3.76. The second-order valence-electron chi connectivity index (χ2n) is 11.8. The van der Waals surface area contributed by atoms with Crippen molar-refractivity contribution in [2.45, 2.75) is 57.5 Å². The smallest absolute Gasteiger partial charge is 0.308 e. The number of rotatable bonds is 8. The number of piperazine rings is 1. The van der Waals surface area contributed by atoms with Crippen LogP contribution in [0, 0.1) is 0 Å². The van der Waals surface area contributed by atoms with E-state index in [0.29, 0.717) is 55.0 Å². The Bertz CT molecular complexity index is 1430. The van der Waals surface area contributed by atoms with Crippen LogP contribution in [0.2, 0.25) is 0 Å². The number of carbonyl (C=O) groups excluding carboxylic acids is 2. The summed E-state index contributed by atoms with van der Waals surface area (Å²) >= 11 is 0. The van der Waals surface area contributed by atoms with E-state index in [-0.39, 0.29) is 24.3 Å². The van der Waals surface area contributed by atoms with Crippen molar-refractivity contribution in [1.82, 2.24) is 9.80 Å². The normalized spacial score (nSPS) is 18.8. The summed E-state index contributed by atoms with van der Waals surface area (Å²) in [6.45, 7) is 6.26. The number of carbonyl (C=O) groups is 2. The van der Waals surface area contributed by atoms with Gasteiger partial charge in [0.1, 0.15) is 17.2 Å². The highest BCUT2D eigenvalue weighted by Gasteiger charge is 2.40. The number of aliphatic hydroxyl groups excluding tert-OH is 1. The van der Waals surface area contributed by atoms with Gasteiger partial charge in [-0.05, 0) is 78.4 Å². The molecular formula is C35H40N2O7. The monoisotopic (exact) mass is 600 g/mol. The van der Waals surface area contributed by atoms with Crippen molar-refractivity contribution >= 4 is 11.9 Å². The van der Waals surface area contributed by atoms with Crippen molar-refractivity contribution < 1.29 is 33.6 Å². The Kier molecular flexibility index (Phi) is 9.28. The standard InChI is InChI=1S/C35H40N2O7/c1-25(39)43-31-7-2-26(3-8-31)23-36-16-18-37(19-17-36)34(40)28-4-9-32(10-5-28)44-33-11-6-29(22-30(33)24-38)27-12-14-35(15-13-27)41-20-21-42-35/h2-11,22,27,38H,12-21,23-24H2,1H3. The highest BCUT2D eigenvalue weighted by atomic mass is 16.7. The van der Waals surface area contributed by atoms with E-state index in [2.05, 4.69) is 11.0 Å². The SMILES string of the molecule is CC(=O)Oc1ccc(CN2CCN(C(=O)c3ccc(Oc4ccc(C5CCC6(CC5)OCCO6)cc4CO)cc3)CC2)cc1. The molecule has 1 amide bonds. The van der Waals surface area contributed by atoms with Crippen LogP contribution in [0.1, 0.15) is 65.6 Å². The topological polar surface area (TPSA) is 97.8 Å². The van der Waals surface area contributed by atoms with E-state index in [1.165, 1.54) is 12.5 Å². The highest BCUT2D eigenvalue weighted by Crippen LogP contribution is 2.43. The molecule has 0 unspecified atom stereocenters. The molecule has 3 aliphatic rings. The molecule has 9 nitrogen and oxygen atoms in total. The van der Waals surface area contributed by atoms with E-state index in [0.717, 1.165) is 56.4 Å². The molecule has 1 spiro atoms. The zero-order valence-electron chi connectivity index (χ0n) is 25.2. The number of aliphatic hydroxyl groups is 1. The molecule has 0 atom stereocenters. The average Bonchev–Trinajstić information content (AvgIpc) is 3.50. The lowest BCUT2D eigenvalue weighted by Crippen LogP contribution is -2.48. The largest absolute Gasteiger partial charge is 0.457 e. The van der Waals surface area contributed by atoms with Crippen molar-refractivity contribution in [1.29, 1.82) is 0 Å². The summed E-state index contributed by atoms with van der Waals surface area (Å²) in [6, 6.07) is 20.8. The number of hydrogen-bond acceptors (Lipinski definition) is 8. The van der Waals surface area contributed by atoms with E-state index < -0.39 is 0 Å². The maximum absolute atomic E-state index is 13.2. The highest BCUT2D eigenvalue weighted by molar-refractivity contribution is 5.94. The molecule has 3 aromatic rings. The molecule has 3 aromatic carbocycles. The van der Waals surface area contributed by atoms with Crippen molar-refractivity contribution in [3.63, 3.8) is 0 Å². The van der Waals surface area contributed by atoms with Gasteiger partial charge in [-0.1, -0.05) is 18.2 Å². The number of benzene rings is 3. The molecule has 0 radical (unpaired) electrons. The zero-order chi connectivity index (χ0) is 30.5. The Morgan fingerprint density at radius 3 is 2.18 bits per heavy atom. The van der Waals surface area contributed by atoms with Gasteiger partial charge in [0, 0.05) is 63.6 Å². The third kappa shape index (κ3) is 7.13. The molecule has 0 bridgehead atoms. The van der Waals surface area contributed by atoms with Crippen LogP contribution in [-0.4, -0.2) is 72.0 Å². The second kappa shape index (κ2) is 13.5. The fourth-order valence-electron chi connectivity index (χ4n) is 6.42. The quantitative estimate of drug-likeness (QED) is 0.277. The van der Waals surface area contributed by atoms with Gasteiger partial charge in [0.05, 0.1) is 19.8 Å². The second-order valence-corrected chi connectivity index (χ2v) is 11.8. The number of amides is 1. The maximum atomic E-state index is 13.2. The predicted molar refractivity (Wildman–Crippen MR) is 164 cm³/mol. The van der Waals surface area contributed by atoms with Crippen LogP contribution in [0.5, 0.6) is 17.2 Å². The van der Waals surface area contributed by atoms with Gasteiger partial charge in [0.2, 0.25) is 0 Å². The van der Waals surface area contributed by atoms with E-state index in [1.807, 2.05) is 29.2 Å². The summed E-state index contributed by atoms with van der Waals surface area (Å²) in [5.41, 5.74) is 3.70. The molecule has 1 saturated carbocycles. The molecule has 9 heteroatoms. The molecule has 6 rings (SSSR count). The number of esters is 1. The van der Waals surface area contributed by atoms with Crippen LogP contribution in [0.4, 0.5) is 0 Å². The minimum atomic E-state index is -0.385. The van der Waals surface area contributed by atoms with Crippen LogP contribution in [0.25, 0.3) is 0 Å². The Balaban J connectivity index is 1.000. The number of hydrogen-bond donors (Lipinski definition) is 1. The molecule has 3 fully saturated rings. The molecule has 2 aliphatic heterocycles. The Morgan fingerprint density at radius 2 is 1.55 bits per heavy atom. The maximum Gasteiger partial charge on any atom is 0.308 e. The van der Waals surface area contributed by atoms with Crippen molar-refractivity contribution in [2.24, 2.45) is 0 Å². The summed E-state index contributed by atoms with van der Waals surface area (Å²) < 4.78 is 23.0. The van der Waals surface area contributed by atoms with Crippen LogP contribution in [0.3, 0.4) is 0 Å². The van der Waals surface area contributed by atoms with Gasteiger partial charge in [-0.2, -0.15) is 0 Å². The minimum Gasteiger partial charge on any atom is -0.457 e. The van der Waals surface area contributed by atoms with E-state index >= 15 is 0 Å². The molecule has 0 aromatic heterocycles. The zero-order valence-corrected chi connectivity index (χ0v) is 25.2. The third-order valence-corrected chi connectivity index (χ3v) is 8.87. The van der Waals surface area contributed by atoms with Crippen LogP contribution < -0.4 is 9.47 Å². The van der Waals surface area contributed by atoms with Gasteiger partial charge in [-0.25, -0.2) is 0 Å². The van der Waals surface area contributed by atoms with Gasteiger partial charge < -0.3 is 29.0 Å². The molecule has 232 valence electrons. The van der Waals surface area contributed by atoms with Gasteiger partial charge in [0.25, 0.3) is 5.91 Å². The average molecular weight is 601 g/mol.